The Morgan fingerprint density at radius 3 is 2.61 bits per heavy atom. The second-order valence-corrected chi connectivity index (χ2v) is 9.96. The van der Waals surface area contributed by atoms with Crippen LogP contribution in [0.15, 0.2) is 84.9 Å². The van der Waals surface area contributed by atoms with Crippen molar-refractivity contribution in [3.05, 3.63) is 123 Å². The predicted octanol–water partition coefficient (Wildman–Crippen LogP) is 8.43. The molecule has 0 N–H and O–H groups in total. The van der Waals surface area contributed by atoms with Gasteiger partial charge in [0, 0.05) is 18.1 Å². The van der Waals surface area contributed by atoms with Crippen molar-refractivity contribution in [2.24, 2.45) is 5.92 Å². The Hall–Kier alpha value is -3.70. The highest BCUT2D eigenvalue weighted by Gasteiger charge is 2.51. The van der Waals surface area contributed by atoms with E-state index in [1.807, 2.05) is 18.2 Å². The van der Waals surface area contributed by atoms with Crippen molar-refractivity contribution in [3.63, 3.8) is 0 Å². The molecule has 0 heterocycles. The molecule has 3 unspecified atom stereocenters. The van der Waals surface area contributed by atoms with E-state index in [-0.39, 0.29) is 22.5 Å². The summed E-state index contributed by atoms with van der Waals surface area (Å²) in [5.41, 5.74) is 2.15. The highest BCUT2D eigenvalue weighted by Crippen LogP contribution is 2.56. The molecule has 1 fully saturated rings. The number of halogens is 2. The molecule has 4 aromatic rings. The van der Waals surface area contributed by atoms with E-state index >= 15 is 0 Å². The number of allylic oxidation sites excluding steroid dienone is 1. The SMILES string of the molecule is O=[N+]([O-])c1ccc(OC2(c3ccc(Cl)c(F)c3)CCCC3C=Cc4c(ccc5ccccc45)C32)cc1. The lowest BCUT2D eigenvalue weighted by molar-refractivity contribution is -0.384. The molecule has 4 aromatic carbocycles. The van der Waals surface area contributed by atoms with Crippen LogP contribution in [0.1, 0.15) is 41.9 Å². The monoisotopic (exact) mass is 499 g/mol. The number of benzene rings is 4. The number of fused-ring (bicyclic) bond motifs is 5. The number of nitro groups is 1. The molecule has 0 radical (unpaired) electrons. The van der Waals surface area contributed by atoms with Crippen LogP contribution < -0.4 is 4.74 Å². The fourth-order valence-electron chi connectivity index (χ4n) is 6.05. The highest BCUT2D eigenvalue weighted by atomic mass is 35.5. The van der Waals surface area contributed by atoms with E-state index in [1.54, 1.807) is 18.2 Å². The molecule has 0 saturated heterocycles. The van der Waals surface area contributed by atoms with E-state index in [1.165, 1.54) is 23.6 Å². The Bertz CT molecular complexity index is 1520. The summed E-state index contributed by atoms with van der Waals surface area (Å²) in [7, 11) is 0. The molecular formula is C30H23ClFNO3. The van der Waals surface area contributed by atoms with Gasteiger partial charge in [0.05, 0.1) is 9.95 Å². The topological polar surface area (TPSA) is 52.4 Å². The van der Waals surface area contributed by atoms with Crippen LogP contribution in [0.5, 0.6) is 5.75 Å². The van der Waals surface area contributed by atoms with Crippen LogP contribution in [-0.4, -0.2) is 4.92 Å². The van der Waals surface area contributed by atoms with Gasteiger partial charge in [0.2, 0.25) is 0 Å². The van der Waals surface area contributed by atoms with E-state index < -0.39 is 16.3 Å². The van der Waals surface area contributed by atoms with Crippen LogP contribution in [0.25, 0.3) is 16.8 Å². The molecule has 0 aliphatic heterocycles. The molecule has 2 aliphatic carbocycles. The Kier molecular flexibility index (Phi) is 5.53. The van der Waals surface area contributed by atoms with Crippen LogP contribution in [0.4, 0.5) is 10.1 Å². The van der Waals surface area contributed by atoms with E-state index in [4.69, 9.17) is 16.3 Å². The fourth-order valence-corrected chi connectivity index (χ4v) is 6.17. The van der Waals surface area contributed by atoms with Crippen molar-refractivity contribution >= 4 is 34.1 Å². The molecule has 36 heavy (non-hydrogen) atoms. The first-order valence-electron chi connectivity index (χ1n) is 12.1. The van der Waals surface area contributed by atoms with Gasteiger partial charge in [0.25, 0.3) is 5.69 Å². The lowest BCUT2D eigenvalue weighted by Crippen LogP contribution is -2.46. The second-order valence-electron chi connectivity index (χ2n) is 9.55. The second kappa shape index (κ2) is 8.75. The average molecular weight is 500 g/mol. The van der Waals surface area contributed by atoms with Crippen molar-refractivity contribution in [2.75, 3.05) is 0 Å². The first-order chi connectivity index (χ1) is 17.5. The van der Waals surface area contributed by atoms with Crippen LogP contribution in [0, 0.1) is 21.8 Å². The fraction of sp³-hybridized carbons (Fsp3) is 0.200. The summed E-state index contributed by atoms with van der Waals surface area (Å²) in [6.07, 6.45) is 7.04. The number of ether oxygens (including phenoxy) is 1. The van der Waals surface area contributed by atoms with Crippen molar-refractivity contribution in [1.82, 2.24) is 0 Å². The van der Waals surface area contributed by atoms with Crippen LogP contribution in [0.2, 0.25) is 5.02 Å². The molecule has 0 spiro atoms. The third-order valence-electron chi connectivity index (χ3n) is 7.62. The van der Waals surface area contributed by atoms with Gasteiger partial charge in [0.1, 0.15) is 17.2 Å². The predicted molar refractivity (Wildman–Crippen MR) is 140 cm³/mol. The first-order valence-corrected chi connectivity index (χ1v) is 12.4. The van der Waals surface area contributed by atoms with Crippen molar-refractivity contribution < 1.29 is 14.1 Å². The third-order valence-corrected chi connectivity index (χ3v) is 7.93. The Morgan fingerprint density at radius 1 is 1.03 bits per heavy atom. The maximum absolute atomic E-state index is 14.8. The number of non-ortho nitro benzene ring substituents is 1. The number of nitro benzene ring substituents is 1. The standard InChI is InChI=1S/C30H23ClFNO3/c31-27-16-9-21(18-28(27)32)30(36-23-12-10-22(11-13-23)33(34)35)17-3-5-20-8-14-25-24-6-2-1-4-19(24)7-15-26(25)29(20)30/h1-2,4,6-16,18,20,29H,3,5,17H2. The maximum Gasteiger partial charge on any atom is 0.269 e. The van der Waals surface area contributed by atoms with Gasteiger partial charge in [0.15, 0.2) is 0 Å². The molecule has 0 aromatic heterocycles. The minimum absolute atomic E-state index is 0.00660. The minimum atomic E-state index is -0.882. The Balaban J connectivity index is 1.56. The molecule has 1 saturated carbocycles. The van der Waals surface area contributed by atoms with Gasteiger partial charge in [-0.05, 0) is 76.9 Å². The van der Waals surface area contributed by atoms with Gasteiger partial charge in [-0.2, -0.15) is 0 Å². The summed E-state index contributed by atoms with van der Waals surface area (Å²) >= 11 is 6.07. The average Bonchev–Trinajstić information content (AvgIpc) is 2.90. The number of nitrogens with zero attached hydrogens (tertiary/aromatic N) is 1. The summed E-state index contributed by atoms with van der Waals surface area (Å²) in [4.78, 5) is 10.8. The van der Waals surface area contributed by atoms with Gasteiger partial charge >= 0.3 is 0 Å². The zero-order valence-electron chi connectivity index (χ0n) is 19.4. The van der Waals surface area contributed by atoms with E-state index in [0.717, 1.165) is 29.4 Å². The lowest BCUT2D eigenvalue weighted by atomic mass is 9.60. The third kappa shape index (κ3) is 3.66. The minimum Gasteiger partial charge on any atom is -0.482 e. The molecule has 6 heteroatoms. The largest absolute Gasteiger partial charge is 0.482 e. The molecule has 4 nitrogen and oxygen atoms in total. The summed E-state index contributed by atoms with van der Waals surface area (Å²) in [5.74, 6) is 0.136. The van der Waals surface area contributed by atoms with Gasteiger partial charge < -0.3 is 4.74 Å². The number of hydrogen-bond acceptors (Lipinski definition) is 3. The van der Waals surface area contributed by atoms with E-state index in [9.17, 15) is 14.5 Å². The smallest absolute Gasteiger partial charge is 0.269 e. The molecule has 180 valence electrons. The molecule has 0 bridgehead atoms. The summed E-state index contributed by atoms with van der Waals surface area (Å²) in [6.45, 7) is 0. The van der Waals surface area contributed by atoms with Crippen LogP contribution in [0.3, 0.4) is 0 Å². The van der Waals surface area contributed by atoms with E-state index in [0.29, 0.717) is 17.7 Å². The van der Waals surface area contributed by atoms with Crippen molar-refractivity contribution in [1.29, 1.82) is 0 Å². The molecular weight excluding hydrogens is 477 g/mol. The van der Waals surface area contributed by atoms with Crippen molar-refractivity contribution in [3.8, 4) is 5.75 Å². The molecule has 3 atom stereocenters. The maximum atomic E-state index is 14.8. The van der Waals surface area contributed by atoms with Crippen LogP contribution >= 0.6 is 11.6 Å². The summed E-state index contributed by atoms with van der Waals surface area (Å²) in [5, 5.41) is 13.6. The van der Waals surface area contributed by atoms with Gasteiger partial charge in [-0.15, -0.1) is 0 Å². The first kappa shape index (κ1) is 22.7. The Morgan fingerprint density at radius 2 is 1.83 bits per heavy atom. The zero-order chi connectivity index (χ0) is 24.9. The van der Waals surface area contributed by atoms with Gasteiger partial charge in [-0.1, -0.05) is 66.2 Å². The summed E-state index contributed by atoms with van der Waals surface area (Å²) < 4.78 is 21.7. The van der Waals surface area contributed by atoms with Crippen molar-refractivity contribution in [2.45, 2.75) is 30.8 Å². The molecule has 0 amide bonds. The van der Waals surface area contributed by atoms with Gasteiger partial charge in [-0.3, -0.25) is 10.1 Å². The highest BCUT2D eigenvalue weighted by molar-refractivity contribution is 6.30. The Labute approximate surface area is 213 Å². The normalized spacial score (nSPS) is 22.6. The molecule has 2 aliphatic rings. The zero-order valence-corrected chi connectivity index (χ0v) is 20.1. The summed E-state index contributed by atoms with van der Waals surface area (Å²) in [6, 6.07) is 23.6. The van der Waals surface area contributed by atoms with Gasteiger partial charge in [-0.25, -0.2) is 4.39 Å². The van der Waals surface area contributed by atoms with Crippen LogP contribution in [-0.2, 0) is 5.60 Å². The quantitative estimate of drug-likeness (QED) is 0.209. The molecule has 6 rings (SSSR count). The number of rotatable bonds is 4. The number of hydrogen-bond donors (Lipinski definition) is 0. The lowest BCUT2D eigenvalue weighted by Gasteiger charge is -2.49. The van der Waals surface area contributed by atoms with E-state index in [2.05, 4.69) is 36.4 Å².